The van der Waals surface area contributed by atoms with Gasteiger partial charge in [0.25, 0.3) is 5.91 Å². The first-order chi connectivity index (χ1) is 13.2. The predicted octanol–water partition coefficient (Wildman–Crippen LogP) is 2.39. The molecule has 0 aromatic heterocycles. The van der Waals surface area contributed by atoms with Crippen molar-refractivity contribution in [1.29, 1.82) is 0 Å². The van der Waals surface area contributed by atoms with Crippen molar-refractivity contribution in [3.63, 3.8) is 0 Å². The van der Waals surface area contributed by atoms with Crippen LogP contribution in [0.5, 0.6) is 0 Å². The highest BCUT2D eigenvalue weighted by Crippen LogP contribution is 2.29. The average Bonchev–Trinajstić information content (AvgIpc) is 2.88. The lowest BCUT2D eigenvalue weighted by Gasteiger charge is -2.23. The largest absolute Gasteiger partial charge is 0.340 e. The maximum absolute atomic E-state index is 13.8. The Kier molecular flexibility index (Phi) is 5.13. The standard InChI is InChI=1S/C20H19F2N3O3/c1-20(14-7-9-15(21)10-8-14)18(27)25(19(28)23-20)12-17(26)24(2)11-13-5-3-4-6-16(13)22/h3-10H,11-12H2,1-2H3,(H,23,28). The SMILES string of the molecule is CN(Cc1ccccc1F)C(=O)CN1C(=O)NC(C)(c2ccc(F)cc2)C1=O. The van der Waals surface area contributed by atoms with Gasteiger partial charge in [-0.3, -0.25) is 14.5 Å². The number of benzene rings is 2. The van der Waals surface area contributed by atoms with Crippen LogP contribution in [0, 0.1) is 11.6 Å². The highest BCUT2D eigenvalue weighted by atomic mass is 19.1. The summed E-state index contributed by atoms with van der Waals surface area (Å²) in [4.78, 5) is 39.6. The molecule has 0 aliphatic carbocycles. The van der Waals surface area contributed by atoms with E-state index in [-0.39, 0.29) is 6.54 Å². The van der Waals surface area contributed by atoms with Gasteiger partial charge in [0.1, 0.15) is 23.7 Å². The minimum absolute atomic E-state index is 0.00435. The quantitative estimate of drug-likeness (QED) is 0.801. The van der Waals surface area contributed by atoms with Crippen LogP contribution in [-0.4, -0.2) is 41.2 Å². The molecule has 6 nitrogen and oxygen atoms in total. The van der Waals surface area contributed by atoms with Crippen molar-refractivity contribution < 1.29 is 23.2 Å². The van der Waals surface area contributed by atoms with E-state index in [0.717, 1.165) is 4.90 Å². The molecule has 1 fully saturated rings. The second-order valence-corrected chi connectivity index (χ2v) is 6.79. The van der Waals surface area contributed by atoms with Crippen LogP contribution in [0.3, 0.4) is 0 Å². The average molecular weight is 387 g/mol. The lowest BCUT2D eigenvalue weighted by molar-refractivity contribution is -0.138. The predicted molar refractivity (Wildman–Crippen MR) is 96.9 cm³/mol. The Labute approximate surface area is 160 Å². The van der Waals surface area contributed by atoms with Gasteiger partial charge in [0.15, 0.2) is 0 Å². The summed E-state index contributed by atoms with van der Waals surface area (Å²) in [5, 5.41) is 2.55. The first-order valence-corrected chi connectivity index (χ1v) is 8.60. The van der Waals surface area contributed by atoms with E-state index in [0.29, 0.717) is 11.1 Å². The van der Waals surface area contributed by atoms with Crippen LogP contribution in [0.15, 0.2) is 48.5 Å². The molecular weight excluding hydrogens is 368 g/mol. The maximum Gasteiger partial charge on any atom is 0.325 e. The molecule has 2 aromatic rings. The van der Waals surface area contributed by atoms with Crippen molar-refractivity contribution in [2.24, 2.45) is 0 Å². The van der Waals surface area contributed by atoms with E-state index >= 15 is 0 Å². The third-order valence-electron chi connectivity index (χ3n) is 4.78. The number of carbonyl (C=O) groups is 3. The summed E-state index contributed by atoms with van der Waals surface area (Å²) in [6.45, 7) is 1.02. The molecule has 1 unspecified atom stereocenters. The molecule has 3 rings (SSSR count). The molecular formula is C20H19F2N3O3. The minimum Gasteiger partial charge on any atom is -0.340 e. The number of likely N-dealkylation sites (N-methyl/N-ethyl adjacent to an activating group) is 1. The van der Waals surface area contributed by atoms with Gasteiger partial charge in [0.2, 0.25) is 5.91 Å². The van der Waals surface area contributed by atoms with Crippen molar-refractivity contribution >= 4 is 17.8 Å². The monoisotopic (exact) mass is 387 g/mol. The zero-order valence-electron chi connectivity index (χ0n) is 15.4. The number of halogens is 2. The number of hydrogen-bond donors (Lipinski definition) is 1. The Morgan fingerprint density at radius 2 is 1.75 bits per heavy atom. The Bertz CT molecular complexity index is 933. The van der Waals surface area contributed by atoms with Gasteiger partial charge in [-0.1, -0.05) is 30.3 Å². The summed E-state index contributed by atoms with van der Waals surface area (Å²) < 4.78 is 26.9. The van der Waals surface area contributed by atoms with E-state index in [4.69, 9.17) is 0 Å². The Morgan fingerprint density at radius 1 is 1.11 bits per heavy atom. The van der Waals surface area contributed by atoms with Crippen molar-refractivity contribution in [2.75, 3.05) is 13.6 Å². The van der Waals surface area contributed by atoms with Gasteiger partial charge in [-0.05, 0) is 30.7 Å². The number of urea groups is 1. The number of hydrogen-bond acceptors (Lipinski definition) is 3. The number of nitrogens with zero attached hydrogens (tertiary/aromatic N) is 2. The van der Waals surface area contributed by atoms with Crippen molar-refractivity contribution in [2.45, 2.75) is 19.0 Å². The minimum atomic E-state index is -1.39. The van der Waals surface area contributed by atoms with Crippen LogP contribution in [-0.2, 0) is 21.7 Å². The molecule has 2 aromatic carbocycles. The zero-order valence-corrected chi connectivity index (χ0v) is 15.4. The van der Waals surface area contributed by atoms with Gasteiger partial charge in [-0.2, -0.15) is 0 Å². The highest BCUT2D eigenvalue weighted by Gasteiger charge is 2.49. The lowest BCUT2D eigenvalue weighted by Crippen LogP contribution is -2.43. The molecule has 1 N–H and O–H groups in total. The molecule has 0 saturated carbocycles. The van der Waals surface area contributed by atoms with E-state index in [1.807, 2.05) is 0 Å². The summed E-state index contributed by atoms with van der Waals surface area (Å²) in [6.07, 6.45) is 0. The van der Waals surface area contributed by atoms with Gasteiger partial charge in [-0.15, -0.1) is 0 Å². The first-order valence-electron chi connectivity index (χ1n) is 8.60. The van der Waals surface area contributed by atoms with Crippen LogP contribution >= 0.6 is 0 Å². The number of imide groups is 1. The summed E-state index contributed by atoms with van der Waals surface area (Å²) >= 11 is 0. The summed E-state index contributed by atoms with van der Waals surface area (Å²) in [5.74, 6) is -2.04. The van der Waals surface area contributed by atoms with Crippen LogP contribution in [0.2, 0.25) is 0 Å². The molecule has 1 atom stereocenters. The lowest BCUT2D eigenvalue weighted by atomic mass is 9.92. The maximum atomic E-state index is 13.8. The first kappa shape index (κ1) is 19.5. The third-order valence-corrected chi connectivity index (χ3v) is 4.78. The van der Waals surface area contributed by atoms with E-state index in [9.17, 15) is 23.2 Å². The topological polar surface area (TPSA) is 69.7 Å². The molecule has 1 heterocycles. The van der Waals surface area contributed by atoms with E-state index in [1.54, 1.807) is 18.2 Å². The number of nitrogens with one attached hydrogen (secondary N) is 1. The Morgan fingerprint density at radius 3 is 2.39 bits per heavy atom. The molecule has 1 aliphatic heterocycles. The smallest absolute Gasteiger partial charge is 0.325 e. The van der Waals surface area contributed by atoms with Crippen molar-refractivity contribution in [3.05, 3.63) is 71.3 Å². The highest BCUT2D eigenvalue weighted by molar-refractivity contribution is 6.09. The van der Waals surface area contributed by atoms with E-state index in [2.05, 4.69) is 5.32 Å². The van der Waals surface area contributed by atoms with Crippen LogP contribution < -0.4 is 5.32 Å². The fourth-order valence-corrected chi connectivity index (χ4v) is 3.05. The molecule has 4 amide bonds. The van der Waals surface area contributed by atoms with Crippen LogP contribution in [0.1, 0.15) is 18.1 Å². The van der Waals surface area contributed by atoms with E-state index in [1.165, 1.54) is 49.2 Å². The van der Waals surface area contributed by atoms with Crippen molar-refractivity contribution in [1.82, 2.24) is 15.1 Å². The molecule has 8 heteroatoms. The fraction of sp³-hybridized carbons (Fsp3) is 0.250. The van der Waals surface area contributed by atoms with Gasteiger partial charge < -0.3 is 10.2 Å². The van der Waals surface area contributed by atoms with Gasteiger partial charge in [0.05, 0.1) is 0 Å². The Hall–Kier alpha value is -3.29. The summed E-state index contributed by atoms with van der Waals surface area (Å²) in [6, 6.07) is 10.5. The zero-order chi connectivity index (χ0) is 20.5. The molecule has 0 radical (unpaired) electrons. The van der Waals surface area contributed by atoms with Gasteiger partial charge in [-0.25, -0.2) is 13.6 Å². The molecule has 1 saturated heterocycles. The normalized spacial score (nSPS) is 18.9. The molecule has 0 spiro atoms. The molecule has 1 aliphatic rings. The van der Waals surface area contributed by atoms with Crippen LogP contribution in [0.4, 0.5) is 13.6 Å². The summed E-state index contributed by atoms with van der Waals surface area (Å²) in [5.41, 5.74) is -0.663. The molecule has 0 bridgehead atoms. The number of carbonyl (C=O) groups excluding carboxylic acids is 3. The Balaban J connectivity index is 1.72. The number of rotatable bonds is 5. The van der Waals surface area contributed by atoms with Gasteiger partial charge in [0, 0.05) is 19.2 Å². The third kappa shape index (κ3) is 3.58. The van der Waals surface area contributed by atoms with E-state index < -0.39 is 41.6 Å². The van der Waals surface area contributed by atoms with Crippen molar-refractivity contribution in [3.8, 4) is 0 Å². The fourth-order valence-electron chi connectivity index (χ4n) is 3.05. The second-order valence-electron chi connectivity index (χ2n) is 6.79. The second kappa shape index (κ2) is 7.38. The van der Waals surface area contributed by atoms with Gasteiger partial charge >= 0.3 is 6.03 Å². The number of amides is 4. The molecule has 146 valence electrons. The summed E-state index contributed by atoms with van der Waals surface area (Å²) in [7, 11) is 1.46. The van der Waals surface area contributed by atoms with Crippen LogP contribution in [0.25, 0.3) is 0 Å². The molecule has 28 heavy (non-hydrogen) atoms.